The van der Waals surface area contributed by atoms with Crippen molar-refractivity contribution in [2.75, 3.05) is 39.6 Å². The zero-order valence-corrected chi connectivity index (χ0v) is 12.0. The number of benzene rings is 1. The van der Waals surface area contributed by atoms with Gasteiger partial charge in [0.25, 0.3) is 0 Å². The lowest BCUT2D eigenvalue weighted by molar-refractivity contribution is 0.112. The summed E-state index contributed by atoms with van der Waals surface area (Å²) in [5.41, 5.74) is 7.71. The van der Waals surface area contributed by atoms with Crippen molar-refractivity contribution in [3.8, 4) is 0 Å². The number of halogens is 1. The van der Waals surface area contributed by atoms with Crippen LogP contribution in [0.15, 0.2) is 18.2 Å². The number of anilines is 1. The highest BCUT2D eigenvalue weighted by Crippen LogP contribution is 2.21. The van der Waals surface area contributed by atoms with Crippen LogP contribution in [0.25, 0.3) is 11.0 Å². The quantitative estimate of drug-likeness (QED) is 0.822. The SMILES string of the molecule is CN(C)CCOCCn1c(N)nc2cc(Cl)ccc21. The summed E-state index contributed by atoms with van der Waals surface area (Å²) in [5, 5.41) is 0.666. The maximum Gasteiger partial charge on any atom is 0.201 e. The van der Waals surface area contributed by atoms with E-state index in [0.29, 0.717) is 30.7 Å². The Balaban J connectivity index is 1.98. The number of nitrogens with zero attached hydrogens (tertiary/aromatic N) is 3. The normalized spacial score (nSPS) is 11.6. The average molecular weight is 283 g/mol. The molecule has 0 radical (unpaired) electrons. The molecule has 2 rings (SSSR count). The van der Waals surface area contributed by atoms with E-state index in [1.54, 1.807) is 0 Å². The Morgan fingerprint density at radius 2 is 2.16 bits per heavy atom. The first kappa shape index (κ1) is 14.1. The van der Waals surface area contributed by atoms with Crippen LogP contribution in [0.2, 0.25) is 5.02 Å². The third kappa shape index (κ3) is 3.59. The predicted molar refractivity (Wildman–Crippen MR) is 78.5 cm³/mol. The summed E-state index contributed by atoms with van der Waals surface area (Å²) in [4.78, 5) is 6.38. The average Bonchev–Trinajstić information content (AvgIpc) is 2.64. The molecule has 0 fully saturated rings. The molecule has 0 aliphatic rings. The largest absolute Gasteiger partial charge is 0.378 e. The summed E-state index contributed by atoms with van der Waals surface area (Å²) in [5.74, 6) is 0.494. The molecule has 104 valence electrons. The van der Waals surface area contributed by atoms with Gasteiger partial charge in [0, 0.05) is 18.1 Å². The highest BCUT2D eigenvalue weighted by molar-refractivity contribution is 6.31. The lowest BCUT2D eigenvalue weighted by atomic mass is 10.3. The molecule has 0 spiro atoms. The Kier molecular flexibility index (Phi) is 4.63. The van der Waals surface area contributed by atoms with Gasteiger partial charge in [-0.15, -0.1) is 0 Å². The Labute approximate surface area is 117 Å². The topological polar surface area (TPSA) is 56.3 Å². The number of imidazole rings is 1. The minimum atomic E-state index is 0.494. The lowest BCUT2D eigenvalue weighted by Gasteiger charge is -2.11. The first-order chi connectivity index (χ1) is 9.08. The number of aromatic nitrogens is 2. The van der Waals surface area contributed by atoms with E-state index in [4.69, 9.17) is 22.1 Å². The van der Waals surface area contributed by atoms with Crippen molar-refractivity contribution < 1.29 is 4.74 Å². The Morgan fingerprint density at radius 1 is 1.37 bits per heavy atom. The highest BCUT2D eigenvalue weighted by Gasteiger charge is 2.08. The molecule has 0 saturated heterocycles. The van der Waals surface area contributed by atoms with Gasteiger partial charge in [-0.2, -0.15) is 0 Å². The van der Waals surface area contributed by atoms with E-state index in [1.807, 2.05) is 36.9 Å². The van der Waals surface area contributed by atoms with Crippen LogP contribution in [-0.4, -0.2) is 48.3 Å². The molecule has 1 aromatic carbocycles. The van der Waals surface area contributed by atoms with Crippen molar-refractivity contribution in [2.45, 2.75) is 6.54 Å². The van der Waals surface area contributed by atoms with Crippen LogP contribution in [0.1, 0.15) is 0 Å². The number of hydrogen-bond acceptors (Lipinski definition) is 4. The molecule has 0 bridgehead atoms. The number of fused-ring (bicyclic) bond motifs is 1. The monoisotopic (exact) mass is 282 g/mol. The van der Waals surface area contributed by atoms with Crippen LogP contribution < -0.4 is 5.73 Å². The van der Waals surface area contributed by atoms with Gasteiger partial charge in [0.05, 0.1) is 24.2 Å². The van der Waals surface area contributed by atoms with Gasteiger partial charge in [0.2, 0.25) is 5.95 Å². The summed E-state index contributed by atoms with van der Waals surface area (Å²) in [6.45, 7) is 2.94. The molecular formula is C13H19ClN4O. The number of rotatable bonds is 6. The third-order valence-corrected chi connectivity index (χ3v) is 3.12. The van der Waals surface area contributed by atoms with Crippen LogP contribution in [0.3, 0.4) is 0 Å². The van der Waals surface area contributed by atoms with E-state index in [0.717, 1.165) is 17.6 Å². The highest BCUT2D eigenvalue weighted by atomic mass is 35.5. The molecular weight excluding hydrogens is 264 g/mol. The van der Waals surface area contributed by atoms with Crippen molar-refractivity contribution in [2.24, 2.45) is 0 Å². The molecule has 2 aromatic rings. The standard InChI is InChI=1S/C13H19ClN4O/c1-17(2)5-7-19-8-6-18-12-4-3-10(14)9-11(12)16-13(18)15/h3-4,9H,5-8H2,1-2H3,(H2,15,16). The molecule has 0 atom stereocenters. The van der Waals surface area contributed by atoms with Gasteiger partial charge < -0.3 is 19.9 Å². The lowest BCUT2D eigenvalue weighted by Crippen LogP contribution is -2.19. The van der Waals surface area contributed by atoms with E-state index < -0.39 is 0 Å². The van der Waals surface area contributed by atoms with Crippen molar-refractivity contribution >= 4 is 28.6 Å². The fourth-order valence-corrected chi connectivity index (χ4v) is 2.03. The van der Waals surface area contributed by atoms with Gasteiger partial charge in [-0.1, -0.05) is 11.6 Å². The fraction of sp³-hybridized carbons (Fsp3) is 0.462. The van der Waals surface area contributed by atoms with Crippen LogP contribution in [0, 0.1) is 0 Å². The molecule has 0 aliphatic carbocycles. The molecule has 0 aliphatic heterocycles. The van der Waals surface area contributed by atoms with E-state index >= 15 is 0 Å². The number of hydrogen-bond donors (Lipinski definition) is 1. The van der Waals surface area contributed by atoms with E-state index in [-0.39, 0.29) is 0 Å². The van der Waals surface area contributed by atoms with Crippen molar-refractivity contribution in [3.05, 3.63) is 23.2 Å². The van der Waals surface area contributed by atoms with Gasteiger partial charge in [-0.25, -0.2) is 4.98 Å². The maximum absolute atomic E-state index is 5.94. The third-order valence-electron chi connectivity index (χ3n) is 2.88. The van der Waals surface area contributed by atoms with Gasteiger partial charge in [-0.3, -0.25) is 0 Å². The van der Waals surface area contributed by atoms with Crippen LogP contribution in [-0.2, 0) is 11.3 Å². The zero-order valence-electron chi connectivity index (χ0n) is 11.3. The molecule has 2 N–H and O–H groups in total. The Hall–Kier alpha value is -1.30. The molecule has 5 nitrogen and oxygen atoms in total. The second-order valence-electron chi connectivity index (χ2n) is 4.67. The molecule has 1 aromatic heterocycles. The molecule has 6 heteroatoms. The van der Waals surface area contributed by atoms with E-state index in [9.17, 15) is 0 Å². The molecule has 0 amide bonds. The fourth-order valence-electron chi connectivity index (χ4n) is 1.86. The van der Waals surface area contributed by atoms with E-state index in [1.165, 1.54) is 0 Å². The number of ether oxygens (including phenoxy) is 1. The smallest absolute Gasteiger partial charge is 0.201 e. The summed E-state index contributed by atoms with van der Waals surface area (Å²) >= 11 is 5.94. The summed E-state index contributed by atoms with van der Waals surface area (Å²) in [7, 11) is 4.04. The van der Waals surface area contributed by atoms with Crippen LogP contribution in [0.5, 0.6) is 0 Å². The van der Waals surface area contributed by atoms with Crippen molar-refractivity contribution in [3.63, 3.8) is 0 Å². The number of nitrogens with two attached hydrogens (primary N) is 1. The van der Waals surface area contributed by atoms with Gasteiger partial charge >= 0.3 is 0 Å². The molecule has 0 saturated carbocycles. The predicted octanol–water partition coefficient (Wildman–Crippen LogP) is 1.85. The summed E-state index contributed by atoms with van der Waals surface area (Å²) in [6, 6.07) is 5.59. The van der Waals surface area contributed by atoms with Gasteiger partial charge in [0.15, 0.2) is 0 Å². The first-order valence-corrected chi connectivity index (χ1v) is 6.59. The molecule has 19 heavy (non-hydrogen) atoms. The van der Waals surface area contributed by atoms with Gasteiger partial charge in [-0.05, 0) is 32.3 Å². The molecule has 0 unspecified atom stereocenters. The maximum atomic E-state index is 5.94. The molecule has 1 heterocycles. The first-order valence-electron chi connectivity index (χ1n) is 6.21. The van der Waals surface area contributed by atoms with Crippen molar-refractivity contribution in [1.82, 2.24) is 14.5 Å². The Morgan fingerprint density at radius 3 is 2.89 bits per heavy atom. The minimum absolute atomic E-state index is 0.494. The summed E-state index contributed by atoms with van der Waals surface area (Å²) < 4.78 is 7.52. The second kappa shape index (κ2) is 6.23. The van der Waals surface area contributed by atoms with Crippen LogP contribution >= 0.6 is 11.6 Å². The number of nitrogen functional groups attached to an aromatic ring is 1. The van der Waals surface area contributed by atoms with Gasteiger partial charge in [0.1, 0.15) is 0 Å². The second-order valence-corrected chi connectivity index (χ2v) is 5.11. The minimum Gasteiger partial charge on any atom is -0.378 e. The van der Waals surface area contributed by atoms with E-state index in [2.05, 4.69) is 9.88 Å². The zero-order chi connectivity index (χ0) is 13.8. The van der Waals surface area contributed by atoms with Crippen molar-refractivity contribution in [1.29, 1.82) is 0 Å². The van der Waals surface area contributed by atoms with Crippen LogP contribution in [0.4, 0.5) is 5.95 Å². The Bertz CT molecular complexity index is 553. The number of likely N-dealkylation sites (N-methyl/N-ethyl adjacent to an activating group) is 1. The summed E-state index contributed by atoms with van der Waals surface area (Å²) in [6.07, 6.45) is 0.